The normalized spacial score (nSPS) is 11.0. The zero-order valence-corrected chi connectivity index (χ0v) is 15.0. The third-order valence-electron chi connectivity index (χ3n) is 3.23. The van der Waals surface area contributed by atoms with Crippen molar-refractivity contribution in [2.45, 2.75) is 32.9 Å². The highest BCUT2D eigenvalue weighted by Gasteiger charge is 2.25. The molecule has 2 aromatic heterocycles. The number of aromatic nitrogens is 2. The van der Waals surface area contributed by atoms with E-state index in [4.69, 9.17) is 9.47 Å². The van der Waals surface area contributed by atoms with E-state index in [1.54, 1.807) is 32.9 Å². The van der Waals surface area contributed by atoms with Crippen molar-refractivity contribution in [2.24, 2.45) is 0 Å². The van der Waals surface area contributed by atoms with Crippen molar-refractivity contribution < 1.29 is 23.5 Å². The smallest absolute Gasteiger partial charge is 0.416 e. The van der Waals surface area contributed by atoms with Gasteiger partial charge in [-0.3, -0.25) is 9.69 Å². The second kappa shape index (κ2) is 7.90. The van der Waals surface area contributed by atoms with Gasteiger partial charge in [0, 0.05) is 12.3 Å². The van der Waals surface area contributed by atoms with Gasteiger partial charge in [-0.2, -0.15) is 4.39 Å². The molecule has 1 amide bonds. The molecule has 2 heterocycles. The maximum atomic E-state index is 13.9. The van der Waals surface area contributed by atoms with Crippen LogP contribution < -0.4 is 9.64 Å². The van der Waals surface area contributed by atoms with Crippen molar-refractivity contribution in [1.29, 1.82) is 0 Å². The molecular weight excluding hydrogens is 341 g/mol. The van der Waals surface area contributed by atoms with Crippen LogP contribution in [0.25, 0.3) is 0 Å². The molecule has 0 saturated heterocycles. The van der Waals surface area contributed by atoms with Crippen molar-refractivity contribution in [3.63, 3.8) is 0 Å². The summed E-state index contributed by atoms with van der Waals surface area (Å²) in [4.78, 5) is 32.3. The van der Waals surface area contributed by atoms with Crippen molar-refractivity contribution in [3.05, 3.63) is 47.5 Å². The minimum atomic E-state index is -0.959. The minimum absolute atomic E-state index is 0.0261. The summed E-state index contributed by atoms with van der Waals surface area (Å²) in [5, 5.41) is 0. The third kappa shape index (κ3) is 4.98. The zero-order valence-electron chi connectivity index (χ0n) is 15.0. The Morgan fingerprint density at radius 1 is 1.27 bits per heavy atom. The first-order chi connectivity index (χ1) is 12.2. The number of halogens is 1. The Kier molecular flexibility index (Phi) is 5.86. The Balaban J connectivity index is 2.35. The third-order valence-corrected chi connectivity index (χ3v) is 3.23. The van der Waals surface area contributed by atoms with E-state index in [2.05, 4.69) is 9.97 Å². The molecule has 0 bridgehead atoms. The first kappa shape index (κ1) is 19.3. The van der Waals surface area contributed by atoms with Gasteiger partial charge in [0.15, 0.2) is 6.29 Å². The molecule has 0 aromatic carbocycles. The first-order valence-electron chi connectivity index (χ1n) is 7.84. The van der Waals surface area contributed by atoms with Crippen molar-refractivity contribution >= 4 is 18.2 Å². The maximum absolute atomic E-state index is 13.9. The van der Waals surface area contributed by atoms with Crippen LogP contribution in [-0.4, -0.2) is 35.1 Å². The van der Waals surface area contributed by atoms with E-state index in [-0.39, 0.29) is 17.9 Å². The van der Waals surface area contributed by atoms with Crippen LogP contribution in [0.2, 0.25) is 0 Å². The van der Waals surface area contributed by atoms with Gasteiger partial charge in [-0.05, 0) is 38.5 Å². The molecule has 0 fully saturated rings. The maximum Gasteiger partial charge on any atom is 0.416 e. The summed E-state index contributed by atoms with van der Waals surface area (Å²) in [6.07, 6.45) is 1.20. The molecule has 0 aliphatic carbocycles. The fourth-order valence-electron chi connectivity index (χ4n) is 2.04. The standard InChI is InChI=1S/C18H20FN3O4/c1-18(2,3)26-17(24)22(10-12-5-8-15(25-4)20-9-12)14-7-6-13(11-23)16(19)21-14/h5-9,11H,10H2,1-4H3. The fraction of sp³-hybridized carbons (Fsp3) is 0.333. The lowest BCUT2D eigenvalue weighted by Crippen LogP contribution is -2.37. The SMILES string of the molecule is COc1ccc(CN(C(=O)OC(C)(C)C)c2ccc(C=O)c(F)n2)cn1. The minimum Gasteiger partial charge on any atom is -0.481 e. The largest absolute Gasteiger partial charge is 0.481 e. The number of anilines is 1. The summed E-state index contributed by atoms with van der Waals surface area (Å²) in [5.74, 6) is -0.505. The molecular formula is C18H20FN3O4. The van der Waals surface area contributed by atoms with Crippen molar-refractivity contribution in [2.75, 3.05) is 12.0 Å². The molecule has 2 aromatic rings. The lowest BCUT2D eigenvalue weighted by molar-refractivity contribution is 0.0576. The summed E-state index contributed by atoms with van der Waals surface area (Å²) in [7, 11) is 1.50. The number of carbonyl (C=O) groups is 2. The van der Waals surface area contributed by atoms with Gasteiger partial charge in [-0.1, -0.05) is 6.07 Å². The van der Waals surface area contributed by atoms with Crippen LogP contribution in [0, 0.1) is 5.95 Å². The van der Waals surface area contributed by atoms with Gasteiger partial charge >= 0.3 is 6.09 Å². The van der Waals surface area contributed by atoms with Gasteiger partial charge in [-0.25, -0.2) is 14.8 Å². The summed E-state index contributed by atoms with van der Waals surface area (Å²) >= 11 is 0. The van der Waals surface area contributed by atoms with Crippen LogP contribution >= 0.6 is 0 Å². The first-order valence-corrected chi connectivity index (χ1v) is 7.84. The number of carbonyl (C=O) groups excluding carboxylic acids is 2. The number of rotatable bonds is 5. The number of hydrogen-bond acceptors (Lipinski definition) is 6. The van der Waals surface area contributed by atoms with E-state index in [1.165, 1.54) is 30.3 Å². The molecule has 0 aliphatic rings. The predicted octanol–water partition coefficient (Wildman–Crippen LogP) is 3.38. The summed E-state index contributed by atoms with van der Waals surface area (Å²) in [6.45, 7) is 5.23. The van der Waals surface area contributed by atoms with E-state index in [0.29, 0.717) is 17.7 Å². The molecule has 2 rings (SSSR count). The molecule has 138 valence electrons. The number of nitrogens with zero attached hydrogens (tertiary/aromatic N) is 3. The highest BCUT2D eigenvalue weighted by molar-refractivity contribution is 5.87. The zero-order chi connectivity index (χ0) is 19.3. The van der Waals surface area contributed by atoms with E-state index in [0.717, 1.165) is 0 Å². The average Bonchev–Trinajstić information content (AvgIpc) is 2.58. The van der Waals surface area contributed by atoms with Crippen LogP contribution in [0.5, 0.6) is 5.88 Å². The number of aldehydes is 1. The van der Waals surface area contributed by atoms with Crippen molar-refractivity contribution in [3.8, 4) is 5.88 Å². The van der Waals surface area contributed by atoms with Crippen molar-refractivity contribution in [1.82, 2.24) is 9.97 Å². The van der Waals surface area contributed by atoms with Crippen LogP contribution in [0.1, 0.15) is 36.7 Å². The second-order valence-electron chi connectivity index (χ2n) is 6.44. The average molecular weight is 361 g/mol. The van der Waals surface area contributed by atoms with Gasteiger partial charge in [0.05, 0.1) is 19.2 Å². The highest BCUT2D eigenvalue weighted by Crippen LogP contribution is 2.21. The molecule has 0 N–H and O–H groups in total. The van der Waals surface area contributed by atoms with Gasteiger partial charge in [0.1, 0.15) is 11.4 Å². The molecule has 0 radical (unpaired) electrons. The Hall–Kier alpha value is -3.03. The van der Waals surface area contributed by atoms with Crippen LogP contribution in [0.15, 0.2) is 30.5 Å². The molecule has 8 heteroatoms. The summed E-state index contributed by atoms with van der Waals surface area (Å²) in [6, 6.07) is 6.01. The molecule has 0 unspecified atom stereocenters. The van der Waals surface area contributed by atoms with E-state index < -0.39 is 17.6 Å². The van der Waals surface area contributed by atoms with Gasteiger partial charge in [0.2, 0.25) is 11.8 Å². The van der Waals surface area contributed by atoms with E-state index in [1.807, 2.05) is 0 Å². The Morgan fingerprint density at radius 2 is 2.00 bits per heavy atom. The highest BCUT2D eigenvalue weighted by atomic mass is 19.1. The van der Waals surface area contributed by atoms with Gasteiger partial charge < -0.3 is 9.47 Å². The Bertz CT molecular complexity index is 788. The lowest BCUT2D eigenvalue weighted by atomic mass is 10.2. The molecule has 0 atom stereocenters. The topological polar surface area (TPSA) is 81.6 Å². The van der Waals surface area contributed by atoms with E-state index >= 15 is 0 Å². The van der Waals surface area contributed by atoms with Crippen LogP contribution in [0.4, 0.5) is 15.0 Å². The van der Waals surface area contributed by atoms with Gasteiger partial charge in [-0.15, -0.1) is 0 Å². The van der Waals surface area contributed by atoms with Crippen LogP contribution in [-0.2, 0) is 11.3 Å². The quantitative estimate of drug-likeness (QED) is 0.600. The Labute approximate surface area is 150 Å². The number of methoxy groups -OCH3 is 1. The van der Waals surface area contributed by atoms with Gasteiger partial charge in [0.25, 0.3) is 0 Å². The summed E-state index contributed by atoms with van der Waals surface area (Å²) in [5.41, 5.74) is -0.267. The number of pyridine rings is 2. The number of hydrogen-bond donors (Lipinski definition) is 0. The Morgan fingerprint density at radius 3 is 2.50 bits per heavy atom. The van der Waals surface area contributed by atoms with Crippen LogP contribution in [0.3, 0.4) is 0 Å². The summed E-state index contributed by atoms with van der Waals surface area (Å²) < 4.78 is 24.3. The molecule has 7 nitrogen and oxygen atoms in total. The monoisotopic (exact) mass is 361 g/mol. The number of ether oxygens (including phenoxy) is 2. The molecule has 26 heavy (non-hydrogen) atoms. The second-order valence-corrected chi connectivity index (χ2v) is 6.44. The molecule has 0 spiro atoms. The lowest BCUT2D eigenvalue weighted by Gasteiger charge is -2.27. The number of amides is 1. The fourth-order valence-corrected chi connectivity index (χ4v) is 2.04. The predicted molar refractivity (Wildman–Crippen MR) is 92.8 cm³/mol. The van der Waals surface area contributed by atoms with E-state index in [9.17, 15) is 14.0 Å². The molecule has 0 saturated carbocycles. The molecule has 0 aliphatic heterocycles.